The summed E-state index contributed by atoms with van der Waals surface area (Å²) in [6, 6.07) is 1.84. The van der Waals surface area contributed by atoms with Gasteiger partial charge in [-0.2, -0.15) is 11.8 Å². The zero-order chi connectivity index (χ0) is 11.5. The van der Waals surface area contributed by atoms with Crippen LogP contribution < -0.4 is 5.73 Å². The van der Waals surface area contributed by atoms with E-state index in [9.17, 15) is 4.79 Å². The van der Waals surface area contributed by atoms with Crippen LogP contribution in [0.1, 0.15) is 15.9 Å². The van der Waals surface area contributed by atoms with E-state index in [4.69, 9.17) is 5.73 Å². The van der Waals surface area contributed by atoms with Crippen LogP contribution in [0.3, 0.4) is 0 Å². The molecule has 2 rings (SSSR count). The van der Waals surface area contributed by atoms with Gasteiger partial charge in [0.1, 0.15) is 5.82 Å². The molecule has 0 saturated carbocycles. The van der Waals surface area contributed by atoms with Gasteiger partial charge in [-0.25, -0.2) is 4.98 Å². The zero-order valence-electron chi connectivity index (χ0n) is 9.10. The number of nitrogen functional groups attached to an aromatic ring is 1. The predicted molar refractivity (Wildman–Crippen MR) is 71.3 cm³/mol. The molecule has 1 unspecified atom stereocenters. The molecule has 86 valence electrons. The Hall–Kier alpha value is -0.680. The monoisotopic (exact) mass is 254 g/mol. The maximum atomic E-state index is 12.2. The van der Waals surface area contributed by atoms with Crippen LogP contribution in [0.2, 0.25) is 0 Å². The van der Waals surface area contributed by atoms with E-state index < -0.39 is 0 Å². The summed E-state index contributed by atoms with van der Waals surface area (Å²) in [6.07, 6.45) is 1.69. The number of pyridine rings is 1. The second-order valence-corrected chi connectivity index (χ2v) is 6.20. The lowest BCUT2D eigenvalue weighted by atomic mass is 10.1. The van der Waals surface area contributed by atoms with Gasteiger partial charge in [0, 0.05) is 23.5 Å². The minimum Gasteiger partial charge on any atom is -0.383 e. The highest BCUT2D eigenvalue weighted by Gasteiger charge is 2.25. The Morgan fingerprint density at radius 3 is 3.06 bits per heavy atom. The van der Waals surface area contributed by atoms with Crippen LogP contribution in [0.15, 0.2) is 12.3 Å². The number of carbonyl (C=O) groups is 1. The highest BCUT2D eigenvalue weighted by Crippen LogP contribution is 2.28. The number of nitrogens with two attached hydrogens (primary N) is 1. The summed E-state index contributed by atoms with van der Waals surface area (Å²) >= 11 is 3.56. The van der Waals surface area contributed by atoms with E-state index in [0.29, 0.717) is 11.4 Å². The molecule has 1 atom stereocenters. The first-order valence-electron chi connectivity index (χ1n) is 5.14. The summed E-state index contributed by atoms with van der Waals surface area (Å²) < 4.78 is 0. The quantitative estimate of drug-likeness (QED) is 0.818. The fraction of sp³-hybridized carbons (Fsp3) is 0.455. The Labute approximate surface area is 104 Å². The third-order valence-corrected chi connectivity index (χ3v) is 5.18. The second kappa shape index (κ2) is 5.10. The molecular formula is C11H14N2OS2. The molecule has 0 aromatic carbocycles. The Bertz CT molecular complexity index is 403. The van der Waals surface area contributed by atoms with Crippen molar-refractivity contribution in [2.45, 2.75) is 12.2 Å². The lowest BCUT2D eigenvalue weighted by Crippen LogP contribution is -2.25. The zero-order valence-corrected chi connectivity index (χ0v) is 10.7. The Morgan fingerprint density at radius 2 is 2.38 bits per heavy atom. The molecule has 1 fully saturated rings. The molecule has 3 nitrogen and oxygen atoms in total. The molecule has 0 spiro atoms. The lowest BCUT2D eigenvalue weighted by Gasteiger charge is -2.20. The number of Topliss-reactive ketones (excluding diaryl/α,β-unsaturated/α-hetero) is 1. The summed E-state index contributed by atoms with van der Waals surface area (Å²) in [5, 5.41) is 0.0460. The van der Waals surface area contributed by atoms with Gasteiger partial charge in [0.05, 0.1) is 10.8 Å². The first-order chi connectivity index (χ1) is 7.68. The summed E-state index contributed by atoms with van der Waals surface area (Å²) in [6.45, 7) is 1.92. The second-order valence-electron chi connectivity index (χ2n) is 3.74. The summed E-state index contributed by atoms with van der Waals surface area (Å²) in [4.78, 5) is 16.3. The highest BCUT2D eigenvalue weighted by molar-refractivity contribution is 8.07. The van der Waals surface area contributed by atoms with Crippen molar-refractivity contribution in [2.24, 2.45) is 0 Å². The normalized spacial score (nSPS) is 20.7. The van der Waals surface area contributed by atoms with Gasteiger partial charge in [-0.3, -0.25) is 4.79 Å². The van der Waals surface area contributed by atoms with Gasteiger partial charge >= 0.3 is 0 Å². The number of aryl methyl sites for hydroxylation is 1. The number of thioether (sulfide) groups is 2. The van der Waals surface area contributed by atoms with Crippen LogP contribution in [-0.2, 0) is 0 Å². The highest BCUT2D eigenvalue weighted by atomic mass is 32.2. The fourth-order valence-corrected chi connectivity index (χ4v) is 4.21. The molecule has 0 bridgehead atoms. The van der Waals surface area contributed by atoms with Crippen molar-refractivity contribution in [3.05, 3.63) is 23.4 Å². The van der Waals surface area contributed by atoms with Gasteiger partial charge in [0.15, 0.2) is 5.78 Å². The minimum atomic E-state index is 0.0460. The van der Waals surface area contributed by atoms with Gasteiger partial charge in [0.2, 0.25) is 0 Å². The van der Waals surface area contributed by atoms with Crippen LogP contribution in [0.5, 0.6) is 0 Å². The average Bonchev–Trinajstić information content (AvgIpc) is 2.32. The van der Waals surface area contributed by atoms with Crippen molar-refractivity contribution in [1.82, 2.24) is 4.98 Å². The molecular weight excluding hydrogens is 240 g/mol. The number of aromatic nitrogens is 1. The molecule has 0 aliphatic carbocycles. The van der Waals surface area contributed by atoms with Crippen molar-refractivity contribution < 1.29 is 4.79 Å². The first kappa shape index (κ1) is 11.8. The average molecular weight is 254 g/mol. The number of ketones is 1. The summed E-state index contributed by atoms with van der Waals surface area (Å²) in [5.74, 6) is 3.55. The smallest absolute Gasteiger partial charge is 0.180 e. The van der Waals surface area contributed by atoms with Crippen molar-refractivity contribution in [2.75, 3.05) is 23.0 Å². The Morgan fingerprint density at radius 1 is 1.56 bits per heavy atom. The minimum absolute atomic E-state index is 0.0460. The van der Waals surface area contributed by atoms with Crippen LogP contribution in [0.25, 0.3) is 0 Å². The van der Waals surface area contributed by atoms with Crippen LogP contribution in [0.4, 0.5) is 5.82 Å². The molecule has 2 heterocycles. The van der Waals surface area contributed by atoms with E-state index in [1.807, 2.05) is 24.8 Å². The van der Waals surface area contributed by atoms with Gasteiger partial charge in [-0.05, 0) is 18.6 Å². The van der Waals surface area contributed by atoms with E-state index in [0.717, 1.165) is 22.8 Å². The van der Waals surface area contributed by atoms with Crippen LogP contribution in [0, 0.1) is 6.92 Å². The van der Waals surface area contributed by atoms with E-state index in [1.54, 1.807) is 18.0 Å². The summed E-state index contributed by atoms with van der Waals surface area (Å²) in [5.41, 5.74) is 7.31. The molecule has 1 aromatic heterocycles. The number of anilines is 1. The maximum absolute atomic E-state index is 12.2. The Balaban J connectivity index is 2.22. The maximum Gasteiger partial charge on any atom is 0.180 e. The van der Waals surface area contributed by atoms with Gasteiger partial charge in [0.25, 0.3) is 0 Å². The number of hydrogen-bond acceptors (Lipinski definition) is 5. The molecule has 1 aliphatic heterocycles. The third kappa shape index (κ3) is 2.52. The third-order valence-electron chi connectivity index (χ3n) is 2.43. The predicted octanol–water partition coefficient (Wildman–Crippen LogP) is 2.00. The SMILES string of the molecule is Cc1cnc(N)c(C(=O)C2CSCCS2)c1. The van der Waals surface area contributed by atoms with Crippen LogP contribution in [-0.4, -0.2) is 33.3 Å². The topological polar surface area (TPSA) is 56.0 Å². The van der Waals surface area contributed by atoms with Crippen molar-refractivity contribution in [3.8, 4) is 0 Å². The Kier molecular flexibility index (Phi) is 3.76. The molecule has 1 aromatic rings. The fourth-order valence-electron chi connectivity index (χ4n) is 1.59. The number of hydrogen-bond donors (Lipinski definition) is 1. The van der Waals surface area contributed by atoms with E-state index in [1.165, 1.54) is 0 Å². The standard InChI is InChI=1S/C11H14N2OS2/c1-7-4-8(11(12)13-5-7)10(14)9-6-15-2-3-16-9/h4-5,9H,2-3,6H2,1H3,(H2,12,13). The number of nitrogens with zero attached hydrogens (tertiary/aromatic N) is 1. The van der Waals surface area contributed by atoms with Gasteiger partial charge < -0.3 is 5.73 Å². The molecule has 0 radical (unpaired) electrons. The molecule has 2 N–H and O–H groups in total. The lowest BCUT2D eigenvalue weighted by molar-refractivity contribution is 0.0995. The van der Waals surface area contributed by atoms with E-state index in [-0.39, 0.29) is 11.0 Å². The molecule has 1 aliphatic rings. The molecule has 5 heteroatoms. The van der Waals surface area contributed by atoms with Crippen LogP contribution >= 0.6 is 23.5 Å². The van der Waals surface area contributed by atoms with Gasteiger partial charge in [-0.15, -0.1) is 11.8 Å². The molecule has 1 saturated heterocycles. The first-order valence-corrected chi connectivity index (χ1v) is 7.34. The number of rotatable bonds is 2. The van der Waals surface area contributed by atoms with Crippen molar-refractivity contribution in [1.29, 1.82) is 0 Å². The molecule has 16 heavy (non-hydrogen) atoms. The van der Waals surface area contributed by atoms with E-state index in [2.05, 4.69) is 4.98 Å². The van der Waals surface area contributed by atoms with Gasteiger partial charge in [-0.1, -0.05) is 0 Å². The largest absolute Gasteiger partial charge is 0.383 e. The van der Waals surface area contributed by atoms with Crippen molar-refractivity contribution >= 4 is 35.1 Å². The summed E-state index contributed by atoms with van der Waals surface area (Å²) in [7, 11) is 0. The number of carbonyl (C=O) groups excluding carboxylic acids is 1. The van der Waals surface area contributed by atoms with E-state index >= 15 is 0 Å². The van der Waals surface area contributed by atoms with Crippen molar-refractivity contribution in [3.63, 3.8) is 0 Å². The molecule has 0 amide bonds.